The normalized spacial score (nSPS) is 15.3. The maximum Gasteiger partial charge on any atom is 0.0467 e. The molecule has 0 aliphatic rings. The van der Waals surface area contributed by atoms with Gasteiger partial charge in [-0.2, -0.15) is 0 Å². The number of hydrogen-bond donors (Lipinski definition) is 2. The van der Waals surface area contributed by atoms with E-state index in [9.17, 15) is 0 Å². The number of rotatable bonds is 8. The van der Waals surface area contributed by atoms with Crippen LogP contribution in [0.4, 0.5) is 0 Å². The van der Waals surface area contributed by atoms with E-state index in [1.165, 1.54) is 0 Å². The van der Waals surface area contributed by atoms with E-state index >= 15 is 0 Å². The highest BCUT2D eigenvalue weighted by Gasteiger charge is 2.05. The Labute approximate surface area is 105 Å². The number of unbranched alkanes of at least 4 members (excludes halogenated alkanes) is 1. The van der Waals surface area contributed by atoms with Crippen LogP contribution in [-0.4, -0.2) is 17.0 Å². The molecule has 3 heteroatoms. The average Bonchev–Trinajstić information content (AvgIpc) is 2.21. The summed E-state index contributed by atoms with van der Waals surface area (Å²) in [4.78, 5) is 0. The Hall–Kier alpha value is -1.09. The summed E-state index contributed by atoms with van der Waals surface area (Å²) < 4.78 is 0. The molecule has 0 rings (SSSR count). The fourth-order valence-corrected chi connectivity index (χ4v) is 1.30. The van der Waals surface area contributed by atoms with E-state index in [0.29, 0.717) is 5.92 Å². The molecule has 0 amide bonds. The lowest BCUT2D eigenvalue weighted by atomic mass is 10.0. The highest BCUT2D eigenvalue weighted by atomic mass is 16.4. The monoisotopic (exact) mass is 238 g/mol. The Morgan fingerprint density at radius 3 is 2.29 bits per heavy atom. The van der Waals surface area contributed by atoms with Crippen molar-refractivity contribution in [3.8, 4) is 0 Å². The minimum Gasteiger partial charge on any atom is -0.411 e. The molecule has 0 aromatic heterocycles. The van der Waals surface area contributed by atoms with Gasteiger partial charge in [0.1, 0.15) is 0 Å². The molecular formula is C14H26N2O. The van der Waals surface area contributed by atoms with Crippen molar-refractivity contribution >= 4 is 6.21 Å². The first kappa shape index (κ1) is 15.9. The number of oxime groups is 1. The van der Waals surface area contributed by atoms with Gasteiger partial charge in [0.2, 0.25) is 0 Å². The van der Waals surface area contributed by atoms with Gasteiger partial charge in [0.15, 0.2) is 0 Å². The number of allylic oxidation sites excluding steroid dienone is 3. The predicted molar refractivity (Wildman–Crippen MR) is 74.5 cm³/mol. The highest BCUT2D eigenvalue weighted by molar-refractivity contribution is 5.59. The molecule has 0 fully saturated rings. The van der Waals surface area contributed by atoms with Crippen molar-refractivity contribution in [1.29, 1.82) is 0 Å². The molecule has 0 spiro atoms. The van der Waals surface area contributed by atoms with Crippen LogP contribution in [0.2, 0.25) is 0 Å². The first-order valence-electron chi connectivity index (χ1n) is 6.22. The van der Waals surface area contributed by atoms with Crippen LogP contribution in [0.5, 0.6) is 0 Å². The summed E-state index contributed by atoms with van der Waals surface area (Å²) in [6, 6.07) is 0. The van der Waals surface area contributed by atoms with Crippen LogP contribution in [0.25, 0.3) is 0 Å². The van der Waals surface area contributed by atoms with Crippen LogP contribution >= 0.6 is 0 Å². The molecule has 98 valence electrons. The summed E-state index contributed by atoms with van der Waals surface area (Å²) in [5.74, 6) is 0.296. The van der Waals surface area contributed by atoms with Gasteiger partial charge in [0, 0.05) is 11.8 Å². The van der Waals surface area contributed by atoms with Gasteiger partial charge in [-0.1, -0.05) is 31.2 Å². The van der Waals surface area contributed by atoms with Crippen LogP contribution in [0.15, 0.2) is 29.5 Å². The quantitative estimate of drug-likeness (QED) is 0.223. The Bertz CT molecular complexity index is 262. The molecule has 0 aromatic carbocycles. The summed E-state index contributed by atoms with van der Waals surface area (Å²) in [6.07, 6.45) is 14.1. The smallest absolute Gasteiger partial charge is 0.0467 e. The Balaban J connectivity index is 3.54. The maximum atomic E-state index is 8.33. The lowest BCUT2D eigenvalue weighted by molar-refractivity contribution is 0.318. The second-order valence-corrected chi connectivity index (χ2v) is 5.19. The summed E-state index contributed by atoms with van der Waals surface area (Å²) in [5.41, 5.74) is 5.76. The predicted octanol–water partition coefficient (Wildman–Crippen LogP) is 3.49. The number of nitrogens with two attached hydrogens (primary N) is 1. The van der Waals surface area contributed by atoms with E-state index in [1.54, 1.807) is 6.21 Å². The maximum absolute atomic E-state index is 8.33. The lowest BCUT2D eigenvalue weighted by Crippen LogP contribution is -2.30. The summed E-state index contributed by atoms with van der Waals surface area (Å²) in [7, 11) is 0. The molecule has 1 atom stereocenters. The lowest BCUT2D eigenvalue weighted by Gasteiger charge is -2.14. The third kappa shape index (κ3) is 12.8. The van der Waals surface area contributed by atoms with Crippen LogP contribution in [0, 0.1) is 5.92 Å². The zero-order valence-electron chi connectivity index (χ0n) is 11.3. The van der Waals surface area contributed by atoms with Gasteiger partial charge in [-0.05, 0) is 45.4 Å². The first-order chi connectivity index (χ1) is 7.95. The molecule has 0 saturated heterocycles. The summed E-state index contributed by atoms with van der Waals surface area (Å²) in [5, 5.41) is 11.3. The van der Waals surface area contributed by atoms with E-state index in [0.717, 1.165) is 25.7 Å². The topological polar surface area (TPSA) is 58.6 Å². The molecular weight excluding hydrogens is 212 g/mol. The fraction of sp³-hybridized carbons (Fsp3) is 0.643. The van der Waals surface area contributed by atoms with Gasteiger partial charge >= 0.3 is 0 Å². The van der Waals surface area contributed by atoms with Crippen molar-refractivity contribution in [2.75, 3.05) is 0 Å². The van der Waals surface area contributed by atoms with E-state index < -0.39 is 0 Å². The van der Waals surface area contributed by atoms with Crippen LogP contribution in [0.3, 0.4) is 0 Å². The summed E-state index contributed by atoms with van der Waals surface area (Å²) >= 11 is 0. The van der Waals surface area contributed by atoms with Crippen molar-refractivity contribution < 1.29 is 5.21 Å². The number of hydrogen-bond acceptors (Lipinski definition) is 3. The molecule has 0 heterocycles. The first-order valence-corrected chi connectivity index (χ1v) is 6.22. The summed E-state index contributed by atoms with van der Waals surface area (Å²) in [6.45, 7) is 6.08. The Kier molecular flexibility index (Phi) is 8.42. The molecule has 0 aliphatic heterocycles. The van der Waals surface area contributed by atoms with E-state index in [1.807, 2.05) is 20.8 Å². The second kappa shape index (κ2) is 8.99. The van der Waals surface area contributed by atoms with Crippen molar-refractivity contribution in [2.24, 2.45) is 16.8 Å². The minimum absolute atomic E-state index is 0.106. The van der Waals surface area contributed by atoms with Crippen LogP contribution < -0.4 is 5.73 Å². The molecule has 0 aromatic rings. The molecule has 1 unspecified atom stereocenters. The number of nitrogens with zero attached hydrogens (tertiary/aromatic N) is 1. The van der Waals surface area contributed by atoms with Crippen molar-refractivity contribution in [3.63, 3.8) is 0 Å². The zero-order chi connectivity index (χ0) is 13.1. The third-order valence-electron chi connectivity index (χ3n) is 2.31. The highest BCUT2D eigenvalue weighted by Crippen LogP contribution is 2.06. The van der Waals surface area contributed by atoms with Gasteiger partial charge in [-0.15, -0.1) is 5.16 Å². The van der Waals surface area contributed by atoms with E-state index in [4.69, 9.17) is 10.9 Å². The largest absolute Gasteiger partial charge is 0.411 e. The third-order valence-corrected chi connectivity index (χ3v) is 2.31. The molecule has 3 N–H and O–H groups in total. The molecule has 3 nitrogen and oxygen atoms in total. The van der Waals surface area contributed by atoms with Crippen molar-refractivity contribution in [1.82, 2.24) is 0 Å². The second-order valence-electron chi connectivity index (χ2n) is 5.19. The SMILES string of the molecule is CC(/C=N/O)C/C=C/CC/C=C/CC(C)(C)N. The Morgan fingerprint density at radius 1 is 1.18 bits per heavy atom. The van der Waals surface area contributed by atoms with Crippen LogP contribution in [0.1, 0.15) is 46.5 Å². The van der Waals surface area contributed by atoms with Crippen LogP contribution in [-0.2, 0) is 0 Å². The standard InChI is InChI=1S/C14H26N2O/c1-13(12-16-17)10-8-6-4-5-7-9-11-14(2,3)15/h6-9,12-13,17H,4-5,10-11,15H2,1-3H3/b8-6+,9-7+,16-12+. The fourth-order valence-electron chi connectivity index (χ4n) is 1.30. The molecule has 0 bridgehead atoms. The van der Waals surface area contributed by atoms with E-state index in [2.05, 4.69) is 29.5 Å². The van der Waals surface area contributed by atoms with E-state index in [-0.39, 0.29) is 5.54 Å². The Morgan fingerprint density at radius 2 is 1.76 bits per heavy atom. The van der Waals surface area contributed by atoms with Gasteiger partial charge in [0.05, 0.1) is 0 Å². The average molecular weight is 238 g/mol. The van der Waals surface area contributed by atoms with Gasteiger partial charge in [-0.25, -0.2) is 0 Å². The minimum atomic E-state index is -0.106. The van der Waals surface area contributed by atoms with Crippen molar-refractivity contribution in [3.05, 3.63) is 24.3 Å². The van der Waals surface area contributed by atoms with Crippen molar-refractivity contribution in [2.45, 2.75) is 52.0 Å². The van der Waals surface area contributed by atoms with Gasteiger partial charge in [0.25, 0.3) is 0 Å². The molecule has 0 saturated carbocycles. The molecule has 0 radical (unpaired) electrons. The molecule has 0 aliphatic carbocycles. The zero-order valence-corrected chi connectivity index (χ0v) is 11.3. The van der Waals surface area contributed by atoms with Gasteiger partial charge in [-0.3, -0.25) is 0 Å². The molecule has 17 heavy (non-hydrogen) atoms. The van der Waals surface area contributed by atoms with Gasteiger partial charge < -0.3 is 10.9 Å².